The zero-order valence-corrected chi connectivity index (χ0v) is 14.4. The Hall–Kier alpha value is -1.04. The summed E-state index contributed by atoms with van der Waals surface area (Å²) in [6.45, 7) is 9.87. The van der Waals surface area contributed by atoms with Crippen LogP contribution in [0.1, 0.15) is 29.7 Å². The van der Waals surface area contributed by atoms with E-state index in [1.165, 1.54) is 5.56 Å². The summed E-state index contributed by atoms with van der Waals surface area (Å²) in [5.74, 6) is 1.46. The lowest BCUT2D eigenvalue weighted by Crippen LogP contribution is -2.26. The third kappa shape index (κ3) is 6.50. The molecule has 0 bridgehead atoms. The van der Waals surface area contributed by atoms with Gasteiger partial charge >= 0.3 is 0 Å². The lowest BCUT2D eigenvalue weighted by Gasteiger charge is -2.17. The standard InChI is InChI=1S/C16H30N4O/c1-12(10-17-7-8-21-6)9-15-13(2)18-16(11-20(4)5)19-14(15)3/h12,17H,7-11H2,1-6H3. The van der Waals surface area contributed by atoms with E-state index in [0.29, 0.717) is 5.92 Å². The molecule has 1 heterocycles. The fourth-order valence-corrected chi connectivity index (χ4v) is 2.40. The van der Waals surface area contributed by atoms with Gasteiger partial charge in [0.2, 0.25) is 0 Å². The van der Waals surface area contributed by atoms with Crippen molar-refractivity contribution in [1.82, 2.24) is 20.2 Å². The normalized spacial score (nSPS) is 12.9. The third-order valence-corrected chi connectivity index (χ3v) is 3.45. The van der Waals surface area contributed by atoms with Gasteiger partial charge < -0.3 is 15.0 Å². The number of aryl methyl sites for hydroxylation is 2. The lowest BCUT2D eigenvalue weighted by molar-refractivity contribution is 0.198. The van der Waals surface area contributed by atoms with Gasteiger partial charge in [0.25, 0.3) is 0 Å². The number of hydrogen-bond acceptors (Lipinski definition) is 5. The lowest BCUT2D eigenvalue weighted by atomic mass is 9.98. The van der Waals surface area contributed by atoms with E-state index in [1.807, 2.05) is 14.1 Å². The minimum absolute atomic E-state index is 0.558. The summed E-state index contributed by atoms with van der Waals surface area (Å²) in [7, 11) is 5.80. The van der Waals surface area contributed by atoms with Crippen LogP contribution < -0.4 is 5.32 Å². The molecular weight excluding hydrogens is 264 g/mol. The van der Waals surface area contributed by atoms with Crippen LogP contribution in [0.25, 0.3) is 0 Å². The molecule has 1 aromatic heterocycles. The Kier molecular flexibility index (Phi) is 7.78. The highest BCUT2D eigenvalue weighted by Crippen LogP contribution is 2.15. The van der Waals surface area contributed by atoms with Gasteiger partial charge in [-0.15, -0.1) is 0 Å². The molecule has 5 nitrogen and oxygen atoms in total. The molecule has 5 heteroatoms. The minimum atomic E-state index is 0.558. The first-order valence-corrected chi connectivity index (χ1v) is 7.61. The van der Waals surface area contributed by atoms with Crippen LogP contribution in [0.5, 0.6) is 0 Å². The molecule has 120 valence electrons. The highest BCUT2D eigenvalue weighted by Gasteiger charge is 2.12. The fourth-order valence-electron chi connectivity index (χ4n) is 2.40. The van der Waals surface area contributed by atoms with Gasteiger partial charge in [0.1, 0.15) is 5.82 Å². The second-order valence-electron chi connectivity index (χ2n) is 6.03. The number of ether oxygens (including phenoxy) is 1. The van der Waals surface area contributed by atoms with Crippen molar-refractivity contribution in [3.05, 3.63) is 22.8 Å². The van der Waals surface area contributed by atoms with Crippen molar-refractivity contribution in [2.75, 3.05) is 40.9 Å². The Labute approximate surface area is 129 Å². The van der Waals surface area contributed by atoms with Crippen LogP contribution in [0.3, 0.4) is 0 Å². The Morgan fingerprint density at radius 1 is 1.19 bits per heavy atom. The van der Waals surface area contributed by atoms with Gasteiger partial charge in [-0.3, -0.25) is 0 Å². The van der Waals surface area contributed by atoms with E-state index in [2.05, 4.69) is 41.0 Å². The smallest absolute Gasteiger partial charge is 0.142 e. The van der Waals surface area contributed by atoms with Crippen LogP contribution in [0.15, 0.2) is 0 Å². The minimum Gasteiger partial charge on any atom is -0.383 e. The molecule has 1 N–H and O–H groups in total. The first kappa shape index (κ1) is 18.0. The van der Waals surface area contributed by atoms with E-state index in [9.17, 15) is 0 Å². The van der Waals surface area contributed by atoms with Crippen molar-refractivity contribution >= 4 is 0 Å². The molecule has 21 heavy (non-hydrogen) atoms. The average molecular weight is 294 g/mol. The summed E-state index contributed by atoms with van der Waals surface area (Å²) >= 11 is 0. The molecule has 0 aliphatic rings. The summed E-state index contributed by atoms with van der Waals surface area (Å²) < 4.78 is 5.04. The molecule has 1 rings (SSSR count). The first-order chi connectivity index (χ1) is 9.93. The average Bonchev–Trinajstić information content (AvgIpc) is 2.38. The van der Waals surface area contributed by atoms with Gasteiger partial charge in [-0.05, 0) is 52.4 Å². The zero-order chi connectivity index (χ0) is 15.8. The van der Waals surface area contributed by atoms with E-state index in [0.717, 1.165) is 49.9 Å². The SMILES string of the molecule is COCCNCC(C)Cc1c(C)nc(CN(C)C)nc1C. The van der Waals surface area contributed by atoms with Crippen molar-refractivity contribution in [3.63, 3.8) is 0 Å². The van der Waals surface area contributed by atoms with Gasteiger partial charge in [-0.1, -0.05) is 6.92 Å². The Morgan fingerprint density at radius 3 is 2.33 bits per heavy atom. The van der Waals surface area contributed by atoms with Crippen LogP contribution >= 0.6 is 0 Å². The molecule has 1 aromatic rings. The molecule has 0 radical (unpaired) electrons. The summed E-state index contributed by atoms with van der Waals surface area (Å²) in [5.41, 5.74) is 3.52. The van der Waals surface area contributed by atoms with Gasteiger partial charge in [0.15, 0.2) is 0 Å². The topological polar surface area (TPSA) is 50.3 Å². The zero-order valence-electron chi connectivity index (χ0n) is 14.4. The number of nitrogens with zero attached hydrogens (tertiary/aromatic N) is 3. The van der Waals surface area contributed by atoms with Gasteiger partial charge in [0.05, 0.1) is 13.2 Å². The maximum Gasteiger partial charge on any atom is 0.142 e. The quantitative estimate of drug-likeness (QED) is 0.701. The van der Waals surface area contributed by atoms with Gasteiger partial charge in [-0.2, -0.15) is 0 Å². The molecule has 1 unspecified atom stereocenters. The summed E-state index contributed by atoms with van der Waals surface area (Å²) in [6.07, 6.45) is 1.01. The molecule has 0 fully saturated rings. The Balaban J connectivity index is 2.62. The predicted molar refractivity (Wildman–Crippen MR) is 86.5 cm³/mol. The summed E-state index contributed by atoms with van der Waals surface area (Å²) in [4.78, 5) is 11.4. The van der Waals surface area contributed by atoms with Crippen LogP contribution in [-0.2, 0) is 17.7 Å². The molecule has 1 atom stereocenters. The number of methoxy groups -OCH3 is 1. The maximum absolute atomic E-state index is 5.04. The van der Waals surface area contributed by atoms with Crippen molar-refractivity contribution in [3.8, 4) is 0 Å². The molecule has 0 spiro atoms. The van der Waals surface area contributed by atoms with Crippen LogP contribution in [0.4, 0.5) is 0 Å². The van der Waals surface area contributed by atoms with E-state index >= 15 is 0 Å². The Bertz CT molecular complexity index is 411. The highest BCUT2D eigenvalue weighted by molar-refractivity contribution is 5.25. The van der Waals surface area contributed by atoms with Crippen molar-refractivity contribution in [2.45, 2.75) is 33.7 Å². The van der Waals surface area contributed by atoms with E-state index in [-0.39, 0.29) is 0 Å². The van der Waals surface area contributed by atoms with Crippen LogP contribution in [0, 0.1) is 19.8 Å². The number of hydrogen-bond donors (Lipinski definition) is 1. The van der Waals surface area contributed by atoms with E-state index in [1.54, 1.807) is 7.11 Å². The second-order valence-corrected chi connectivity index (χ2v) is 6.03. The van der Waals surface area contributed by atoms with Gasteiger partial charge in [0, 0.05) is 25.0 Å². The van der Waals surface area contributed by atoms with Crippen LogP contribution in [-0.4, -0.2) is 55.8 Å². The Morgan fingerprint density at radius 2 is 1.81 bits per heavy atom. The largest absolute Gasteiger partial charge is 0.383 e. The fraction of sp³-hybridized carbons (Fsp3) is 0.750. The number of rotatable bonds is 9. The van der Waals surface area contributed by atoms with Crippen molar-refractivity contribution in [1.29, 1.82) is 0 Å². The monoisotopic (exact) mass is 294 g/mol. The van der Waals surface area contributed by atoms with Crippen LogP contribution in [0.2, 0.25) is 0 Å². The van der Waals surface area contributed by atoms with Crippen molar-refractivity contribution < 1.29 is 4.74 Å². The van der Waals surface area contributed by atoms with Gasteiger partial charge in [-0.25, -0.2) is 9.97 Å². The number of aromatic nitrogens is 2. The maximum atomic E-state index is 5.04. The van der Waals surface area contributed by atoms with Crippen molar-refractivity contribution in [2.24, 2.45) is 5.92 Å². The molecule has 0 aliphatic heterocycles. The molecule has 0 aliphatic carbocycles. The summed E-state index contributed by atoms with van der Waals surface area (Å²) in [5, 5.41) is 3.41. The summed E-state index contributed by atoms with van der Waals surface area (Å²) in [6, 6.07) is 0. The second kappa shape index (κ2) is 9.07. The molecular formula is C16H30N4O. The predicted octanol–water partition coefficient (Wildman–Crippen LogP) is 1.57. The molecule has 0 saturated heterocycles. The van der Waals surface area contributed by atoms with E-state index < -0.39 is 0 Å². The number of nitrogens with one attached hydrogen (secondary N) is 1. The first-order valence-electron chi connectivity index (χ1n) is 7.61. The third-order valence-electron chi connectivity index (χ3n) is 3.45. The highest BCUT2D eigenvalue weighted by atomic mass is 16.5. The molecule has 0 aromatic carbocycles. The van der Waals surface area contributed by atoms with E-state index in [4.69, 9.17) is 4.74 Å². The molecule has 0 saturated carbocycles. The molecule has 0 amide bonds.